The van der Waals surface area contributed by atoms with Gasteiger partial charge in [0.1, 0.15) is 0 Å². The second-order valence-electron chi connectivity index (χ2n) is 6.13. The molecule has 152 valence electrons. The molecule has 2 heterocycles. The third kappa shape index (κ3) is 5.10. The summed E-state index contributed by atoms with van der Waals surface area (Å²) >= 11 is 4.13. The normalized spacial score (nSPS) is 13.6. The van der Waals surface area contributed by atoms with E-state index in [0.29, 0.717) is 27.4 Å². The van der Waals surface area contributed by atoms with Crippen molar-refractivity contribution in [3.63, 3.8) is 0 Å². The Morgan fingerprint density at radius 1 is 1.03 bits per heavy atom. The van der Waals surface area contributed by atoms with E-state index in [4.69, 9.17) is 4.74 Å². The Bertz CT molecular complexity index is 1070. The lowest BCUT2D eigenvalue weighted by atomic mass is 10.2. The first-order chi connectivity index (χ1) is 14.7. The third-order valence-electron chi connectivity index (χ3n) is 4.07. The summed E-state index contributed by atoms with van der Waals surface area (Å²) in [6, 6.07) is 18.8. The average molecular weight is 456 g/mol. The molecule has 0 atom stereocenters. The van der Waals surface area contributed by atoms with Gasteiger partial charge < -0.3 is 4.74 Å². The molecule has 6 nitrogen and oxygen atoms in total. The molecular formula is C21H17N3O3S3. The third-order valence-corrected chi connectivity index (χ3v) is 7.13. The first-order valence-electron chi connectivity index (χ1n) is 9.12. The molecule has 1 N–H and O–H groups in total. The molecule has 4 rings (SSSR count). The molecule has 1 amide bonds. The number of Topliss-reactive ketones (excluding diaryl/α,β-unsaturated/α-hetero) is 1. The molecule has 0 saturated carbocycles. The number of rotatable bonds is 7. The van der Waals surface area contributed by atoms with Crippen molar-refractivity contribution in [2.24, 2.45) is 0 Å². The first-order valence-corrected chi connectivity index (χ1v) is 11.9. The van der Waals surface area contributed by atoms with Crippen LogP contribution in [-0.2, 0) is 9.53 Å². The number of hydrogen-bond donors (Lipinski definition) is 1. The van der Waals surface area contributed by atoms with Crippen LogP contribution >= 0.6 is 34.9 Å². The minimum absolute atomic E-state index is 0.0201. The van der Waals surface area contributed by atoms with E-state index in [0.717, 1.165) is 16.2 Å². The summed E-state index contributed by atoms with van der Waals surface area (Å²) in [4.78, 5) is 25.8. The summed E-state index contributed by atoms with van der Waals surface area (Å²) in [7, 11) is 0. The maximum atomic E-state index is 12.8. The predicted molar refractivity (Wildman–Crippen MR) is 122 cm³/mol. The van der Waals surface area contributed by atoms with Crippen molar-refractivity contribution < 1.29 is 14.3 Å². The topological polar surface area (TPSA) is 81.2 Å². The molecule has 0 fully saturated rings. The minimum atomic E-state index is -0.353. The Morgan fingerprint density at radius 3 is 2.53 bits per heavy atom. The number of aromatic nitrogens is 2. The van der Waals surface area contributed by atoms with E-state index in [1.165, 1.54) is 23.1 Å². The zero-order chi connectivity index (χ0) is 20.8. The number of ether oxygens (including phenoxy) is 1. The molecule has 0 unspecified atom stereocenters. The number of carbonyl (C=O) groups is 2. The highest BCUT2D eigenvalue weighted by molar-refractivity contribution is 8.08. The Balaban J connectivity index is 1.41. The number of ketones is 1. The summed E-state index contributed by atoms with van der Waals surface area (Å²) < 4.78 is 6.28. The predicted octanol–water partition coefficient (Wildman–Crippen LogP) is 4.58. The van der Waals surface area contributed by atoms with E-state index in [1.807, 2.05) is 48.5 Å². The van der Waals surface area contributed by atoms with Crippen molar-refractivity contribution in [2.75, 3.05) is 23.4 Å². The van der Waals surface area contributed by atoms with Gasteiger partial charge in [0.15, 0.2) is 15.9 Å². The van der Waals surface area contributed by atoms with Crippen molar-refractivity contribution in [1.82, 2.24) is 10.2 Å². The molecular weight excluding hydrogens is 438 g/mol. The highest BCUT2D eigenvalue weighted by Crippen LogP contribution is 2.35. The zero-order valence-corrected chi connectivity index (χ0v) is 18.2. The Morgan fingerprint density at radius 2 is 1.77 bits per heavy atom. The van der Waals surface area contributed by atoms with Crippen LogP contribution in [0, 0.1) is 0 Å². The van der Waals surface area contributed by atoms with E-state index >= 15 is 0 Å². The highest BCUT2D eigenvalue weighted by atomic mass is 32.2. The number of anilines is 1. The molecule has 0 spiro atoms. The molecule has 0 radical (unpaired) electrons. The standard InChI is InChI=1S/C21H17N3O3S3/c25-16(14-7-3-1-4-8-14)13-29-21-24-23-20(30-21)22-19(26)17-18(28-12-11-27-17)15-9-5-2-6-10-15/h1-10H,11-13H2,(H,22,23,26). The first kappa shape index (κ1) is 20.6. The average Bonchev–Trinajstić information content (AvgIpc) is 3.26. The number of nitrogens with zero attached hydrogens (tertiary/aromatic N) is 2. The molecule has 2 aromatic carbocycles. The van der Waals surface area contributed by atoms with Gasteiger partial charge in [-0.15, -0.1) is 22.0 Å². The number of nitrogens with one attached hydrogen (secondary N) is 1. The van der Waals surface area contributed by atoms with Gasteiger partial charge in [0.25, 0.3) is 5.91 Å². The molecule has 30 heavy (non-hydrogen) atoms. The molecule has 1 aliphatic heterocycles. The second kappa shape index (κ2) is 9.92. The molecule has 9 heteroatoms. The van der Waals surface area contributed by atoms with Crippen LogP contribution in [0.2, 0.25) is 0 Å². The van der Waals surface area contributed by atoms with E-state index in [-0.39, 0.29) is 17.4 Å². The largest absolute Gasteiger partial charge is 0.486 e. The van der Waals surface area contributed by atoms with E-state index < -0.39 is 0 Å². The van der Waals surface area contributed by atoms with Crippen molar-refractivity contribution in [3.8, 4) is 0 Å². The fourth-order valence-electron chi connectivity index (χ4n) is 2.70. The van der Waals surface area contributed by atoms with Crippen LogP contribution in [0.5, 0.6) is 0 Å². The van der Waals surface area contributed by atoms with Gasteiger partial charge in [-0.25, -0.2) is 0 Å². The quantitative estimate of drug-likeness (QED) is 0.317. The Labute approximate surface area is 186 Å². The fraction of sp³-hybridized carbons (Fsp3) is 0.143. The van der Waals surface area contributed by atoms with Crippen LogP contribution in [0.4, 0.5) is 5.13 Å². The van der Waals surface area contributed by atoms with E-state index in [9.17, 15) is 9.59 Å². The monoisotopic (exact) mass is 455 g/mol. The van der Waals surface area contributed by atoms with Gasteiger partial charge in [-0.05, 0) is 5.56 Å². The molecule has 0 saturated heterocycles. The molecule has 1 aromatic heterocycles. The van der Waals surface area contributed by atoms with Gasteiger partial charge in [0.05, 0.1) is 17.3 Å². The van der Waals surface area contributed by atoms with Crippen molar-refractivity contribution >= 4 is 56.6 Å². The molecule has 3 aromatic rings. The van der Waals surface area contributed by atoms with Crippen LogP contribution in [0.15, 0.2) is 70.8 Å². The van der Waals surface area contributed by atoms with Crippen molar-refractivity contribution in [1.29, 1.82) is 0 Å². The van der Waals surface area contributed by atoms with Crippen molar-refractivity contribution in [3.05, 3.63) is 77.5 Å². The van der Waals surface area contributed by atoms with Gasteiger partial charge in [-0.3, -0.25) is 14.9 Å². The number of thioether (sulfide) groups is 2. The summed E-state index contributed by atoms with van der Waals surface area (Å²) in [5.74, 6) is 1.01. The van der Waals surface area contributed by atoms with Gasteiger partial charge in [0, 0.05) is 11.3 Å². The van der Waals surface area contributed by atoms with E-state index in [1.54, 1.807) is 23.9 Å². The smallest absolute Gasteiger partial charge is 0.293 e. The lowest BCUT2D eigenvalue weighted by molar-refractivity contribution is -0.115. The summed E-state index contributed by atoms with van der Waals surface area (Å²) in [6.45, 7) is 0.475. The maximum Gasteiger partial charge on any atom is 0.293 e. The number of carbonyl (C=O) groups excluding carboxylic acids is 2. The van der Waals surface area contributed by atoms with Crippen LogP contribution in [0.25, 0.3) is 4.91 Å². The van der Waals surface area contributed by atoms with Crippen LogP contribution in [0.3, 0.4) is 0 Å². The molecule has 1 aliphatic rings. The number of amides is 1. The summed E-state index contributed by atoms with van der Waals surface area (Å²) in [5, 5.41) is 11.2. The minimum Gasteiger partial charge on any atom is -0.486 e. The highest BCUT2D eigenvalue weighted by Gasteiger charge is 2.24. The fourth-order valence-corrected chi connectivity index (χ4v) is 5.30. The SMILES string of the molecule is O=C(Nc1nnc(SCC(=O)c2ccccc2)s1)C1=C(c2ccccc2)SCCO1. The van der Waals surface area contributed by atoms with Gasteiger partial charge >= 0.3 is 0 Å². The number of hydrogen-bond acceptors (Lipinski definition) is 8. The van der Waals surface area contributed by atoms with Gasteiger partial charge in [0.2, 0.25) is 5.13 Å². The van der Waals surface area contributed by atoms with Crippen molar-refractivity contribution in [2.45, 2.75) is 4.34 Å². The lowest BCUT2D eigenvalue weighted by Crippen LogP contribution is -2.21. The zero-order valence-electron chi connectivity index (χ0n) is 15.7. The summed E-state index contributed by atoms with van der Waals surface area (Å²) in [5.41, 5.74) is 1.61. The second-order valence-corrected chi connectivity index (χ2v) is 9.43. The van der Waals surface area contributed by atoms with Crippen LogP contribution < -0.4 is 5.32 Å². The molecule has 0 aliphatic carbocycles. The Kier molecular flexibility index (Phi) is 6.83. The number of benzene rings is 2. The van der Waals surface area contributed by atoms with Gasteiger partial charge in [-0.1, -0.05) is 83.8 Å². The van der Waals surface area contributed by atoms with Crippen LogP contribution in [0.1, 0.15) is 15.9 Å². The lowest BCUT2D eigenvalue weighted by Gasteiger charge is -2.20. The maximum absolute atomic E-state index is 12.8. The van der Waals surface area contributed by atoms with E-state index in [2.05, 4.69) is 15.5 Å². The molecule has 0 bridgehead atoms. The summed E-state index contributed by atoms with van der Waals surface area (Å²) in [6.07, 6.45) is 0. The van der Waals surface area contributed by atoms with Crippen LogP contribution in [-0.4, -0.2) is 40.0 Å². The van der Waals surface area contributed by atoms with Gasteiger partial charge in [-0.2, -0.15) is 0 Å². The Hall–Kier alpha value is -2.62.